The summed E-state index contributed by atoms with van der Waals surface area (Å²) < 4.78 is 23.7. The van der Waals surface area contributed by atoms with Crippen LogP contribution >= 0.6 is 23.6 Å². The van der Waals surface area contributed by atoms with E-state index in [4.69, 9.17) is 12.2 Å². The molecule has 0 spiro atoms. The summed E-state index contributed by atoms with van der Waals surface area (Å²) in [5.41, 5.74) is 0.908. The Balaban J connectivity index is 1.66. The molecule has 2 aromatic rings. The molecule has 0 fully saturated rings. The smallest absolute Gasteiger partial charge is 0.190 e. The fraction of sp³-hybridized carbons (Fsp3) is 0.167. The largest absolute Gasteiger partial charge is 0.355 e. The van der Waals surface area contributed by atoms with E-state index in [1.807, 2.05) is 24.3 Å². The number of aromatic nitrogens is 1. The standard InChI is InChI=1S/C12H11N3O2S3/c16-20(17)6-5-8(7-20)13-11(18)15-12-14-9-3-1-2-4-10(9)19-12/h1-6,8H,7H2,(H2,13,14,15,18)/t8-/m1/s1. The van der Waals surface area contributed by atoms with Crippen molar-refractivity contribution < 1.29 is 8.42 Å². The van der Waals surface area contributed by atoms with Crippen LogP contribution in [0.5, 0.6) is 0 Å². The molecule has 0 aliphatic carbocycles. The monoisotopic (exact) mass is 325 g/mol. The molecule has 0 unspecified atom stereocenters. The summed E-state index contributed by atoms with van der Waals surface area (Å²) in [5.74, 6) is 0.0364. The van der Waals surface area contributed by atoms with E-state index in [9.17, 15) is 8.42 Å². The predicted molar refractivity (Wildman–Crippen MR) is 85.7 cm³/mol. The van der Waals surface area contributed by atoms with Crippen LogP contribution in [-0.2, 0) is 9.84 Å². The van der Waals surface area contributed by atoms with Gasteiger partial charge in [0.1, 0.15) is 0 Å². The van der Waals surface area contributed by atoms with Gasteiger partial charge in [-0.15, -0.1) is 0 Å². The summed E-state index contributed by atoms with van der Waals surface area (Å²) >= 11 is 6.67. The SMILES string of the molecule is O=S1(=O)C=C[C@@H](NC(=S)Nc2nc3ccccc3s2)C1. The van der Waals surface area contributed by atoms with Crippen molar-refractivity contribution in [3.05, 3.63) is 35.7 Å². The Hall–Kier alpha value is -1.51. The average molecular weight is 325 g/mol. The maximum atomic E-state index is 11.3. The Morgan fingerprint density at radius 3 is 2.90 bits per heavy atom. The third kappa shape index (κ3) is 2.97. The van der Waals surface area contributed by atoms with Gasteiger partial charge >= 0.3 is 0 Å². The number of benzene rings is 1. The van der Waals surface area contributed by atoms with Gasteiger partial charge in [0.25, 0.3) is 0 Å². The molecule has 5 nitrogen and oxygen atoms in total. The Kier molecular flexibility index (Phi) is 3.45. The van der Waals surface area contributed by atoms with E-state index in [1.54, 1.807) is 6.08 Å². The normalized spacial score (nSPS) is 20.1. The van der Waals surface area contributed by atoms with Gasteiger partial charge < -0.3 is 10.6 Å². The van der Waals surface area contributed by atoms with Crippen molar-refractivity contribution in [1.29, 1.82) is 0 Å². The second-order valence-electron chi connectivity index (χ2n) is 4.35. The Bertz CT molecular complexity index is 762. The molecule has 20 heavy (non-hydrogen) atoms. The predicted octanol–water partition coefficient (Wildman–Crippen LogP) is 1.89. The van der Waals surface area contributed by atoms with Gasteiger partial charge in [-0.25, -0.2) is 13.4 Å². The van der Waals surface area contributed by atoms with Crippen molar-refractivity contribution in [2.45, 2.75) is 6.04 Å². The molecule has 1 atom stereocenters. The number of nitrogens with zero attached hydrogens (tertiary/aromatic N) is 1. The number of thiocarbonyl (C=S) groups is 1. The van der Waals surface area contributed by atoms with Crippen LogP contribution < -0.4 is 10.6 Å². The van der Waals surface area contributed by atoms with Crippen LogP contribution in [0, 0.1) is 0 Å². The van der Waals surface area contributed by atoms with Gasteiger partial charge in [-0.05, 0) is 30.4 Å². The van der Waals surface area contributed by atoms with E-state index in [1.165, 1.54) is 16.7 Å². The van der Waals surface area contributed by atoms with Crippen molar-refractivity contribution in [2.75, 3.05) is 11.1 Å². The maximum Gasteiger partial charge on any atom is 0.190 e. The van der Waals surface area contributed by atoms with Gasteiger partial charge in [-0.2, -0.15) is 0 Å². The van der Waals surface area contributed by atoms with Crippen LogP contribution in [-0.4, -0.2) is 30.3 Å². The van der Waals surface area contributed by atoms with E-state index in [0.717, 1.165) is 10.2 Å². The minimum atomic E-state index is -3.08. The van der Waals surface area contributed by atoms with Crippen LogP contribution in [0.15, 0.2) is 35.7 Å². The second-order valence-corrected chi connectivity index (χ2v) is 7.72. The molecule has 1 aromatic heterocycles. The highest BCUT2D eigenvalue weighted by molar-refractivity contribution is 7.94. The summed E-state index contributed by atoms with van der Waals surface area (Å²) in [6, 6.07) is 7.51. The first kappa shape index (κ1) is 13.5. The first-order valence-corrected chi connectivity index (χ1v) is 8.80. The van der Waals surface area contributed by atoms with Gasteiger partial charge in [0.2, 0.25) is 0 Å². The number of nitrogens with one attached hydrogen (secondary N) is 2. The maximum absolute atomic E-state index is 11.3. The summed E-state index contributed by atoms with van der Waals surface area (Å²) in [6.07, 6.45) is 1.60. The van der Waals surface area contributed by atoms with E-state index in [2.05, 4.69) is 15.6 Å². The third-order valence-electron chi connectivity index (χ3n) is 2.76. The number of fused-ring (bicyclic) bond motifs is 1. The van der Waals surface area contributed by atoms with E-state index < -0.39 is 9.84 Å². The molecule has 3 rings (SSSR count). The Morgan fingerprint density at radius 2 is 2.20 bits per heavy atom. The lowest BCUT2D eigenvalue weighted by molar-refractivity contribution is 0.603. The highest BCUT2D eigenvalue weighted by Gasteiger charge is 2.22. The summed E-state index contributed by atoms with van der Waals surface area (Å²) in [5, 5.41) is 8.21. The fourth-order valence-electron chi connectivity index (χ4n) is 1.89. The molecule has 1 aromatic carbocycles. The van der Waals surface area contributed by atoms with E-state index in [0.29, 0.717) is 10.2 Å². The van der Waals surface area contributed by atoms with Gasteiger partial charge in [0.05, 0.1) is 22.0 Å². The molecular weight excluding hydrogens is 314 g/mol. The first-order chi connectivity index (χ1) is 9.52. The third-order valence-corrected chi connectivity index (χ3v) is 5.33. The molecule has 1 aliphatic heterocycles. The van der Waals surface area contributed by atoms with Crippen molar-refractivity contribution in [2.24, 2.45) is 0 Å². The molecule has 2 N–H and O–H groups in total. The minimum Gasteiger partial charge on any atom is -0.355 e. The molecule has 8 heteroatoms. The van der Waals surface area contributed by atoms with Crippen molar-refractivity contribution in [3.8, 4) is 0 Å². The molecule has 104 valence electrons. The van der Waals surface area contributed by atoms with Crippen molar-refractivity contribution in [1.82, 2.24) is 10.3 Å². The molecule has 2 heterocycles. The number of hydrogen-bond donors (Lipinski definition) is 2. The first-order valence-electron chi connectivity index (χ1n) is 5.86. The molecular formula is C12H11N3O2S3. The van der Waals surface area contributed by atoms with Crippen LogP contribution in [0.4, 0.5) is 5.13 Å². The molecule has 0 amide bonds. The topological polar surface area (TPSA) is 71.1 Å². The second kappa shape index (κ2) is 5.12. The van der Waals surface area contributed by atoms with Gasteiger partial charge in [0.15, 0.2) is 20.1 Å². The van der Waals surface area contributed by atoms with Crippen molar-refractivity contribution >= 4 is 53.9 Å². The van der Waals surface area contributed by atoms with Crippen molar-refractivity contribution in [3.63, 3.8) is 0 Å². The zero-order valence-electron chi connectivity index (χ0n) is 10.2. The number of rotatable bonds is 2. The Morgan fingerprint density at radius 1 is 1.40 bits per heavy atom. The van der Waals surface area contributed by atoms with Crippen LogP contribution in [0.1, 0.15) is 0 Å². The van der Waals surface area contributed by atoms with Gasteiger partial charge in [-0.3, -0.25) is 0 Å². The molecule has 1 aliphatic rings. The number of hydrogen-bond acceptors (Lipinski definition) is 5. The lowest BCUT2D eigenvalue weighted by Gasteiger charge is -2.12. The number of sulfone groups is 1. The summed E-state index contributed by atoms with van der Waals surface area (Å²) in [6.45, 7) is 0. The number of anilines is 1. The quantitative estimate of drug-likeness (QED) is 0.822. The van der Waals surface area contributed by atoms with Crippen LogP contribution in [0.25, 0.3) is 10.2 Å². The van der Waals surface area contributed by atoms with Gasteiger partial charge in [0, 0.05) is 5.41 Å². The molecule has 0 bridgehead atoms. The zero-order chi connectivity index (χ0) is 14.2. The minimum absolute atomic E-state index is 0.0364. The van der Waals surface area contributed by atoms with Gasteiger partial charge in [-0.1, -0.05) is 23.5 Å². The lowest BCUT2D eigenvalue weighted by atomic mass is 10.3. The summed E-state index contributed by atoms with van der Waals surface area (Å²) in [7, 11) is -3.08. The molecule has 0 radical (unpaired) electrons. The number of para-hydroxylation sites is 1. The van der Waals surface area contributed by atoms with Crippen LogP contribution in [0.2, 0.25) is 0 Å². The lowest BCUT2D eigenvalue weighted by Crippen LogP contribution is -2.38. The van der Waals surface area contributed by atoms with E-state index >= 15 is 0 Å². The summed E-state index contributed by atoms with van der Waals surface area (Å²) in [4.78, 5) is 4.40. The average Bonchev–Trinajstić information content (AvgIpc) is 2.91. The molecule has 0 saturated carbocycles. The molecule has 0 saturated heterocycles. The Labute approximate surface area is 125 Å². The fourth-order valence-corrected chi connectivity index (χ4v) is 4.31. The highest BCUT2D eigenvalue weighted by atomic mass is 32.2. The zero-order valence-corrected chi connectivity index (χ0v) is 12.7. The number of thiazole rings is 1. The van der Waals surface area contributed by atoms with Crippen LogP contribution in [0.3, 0.4) is 0 Å². The highest BCUT2D eigenvalue weighted by Crippen LogP contribution is 2.25. The van der Waals surface area contributed by atoms with E-state index in [-0.39, 0.29) is 11.8 Å².